The van der Waals surface area contributed by atoms with Gasteiger partial charge >= 0.3 is 0 Å². The minimum Gasteiger partial charge on any atom is -0.450 e. The summed E-state index contributed by atoms with van der Waals surface area (Å²) in [6, 6.07) is 3.85. The van der Waals surface area contributed by atoms with Gasteiger partial charge in [-0.05, 0) is 36.8 Å². The second-order valence-corrected chi connectivity index (χ2v) is 9.35. The third-order valence-electron chi connectivity index (χ3n) is 6.57. The minimum absolute atomic E-state index is 0.135. The molecule has 1 spiro atoms. The van der Waals surface area contributed by atoms with Crippen LogP contribution in [0.5, 0.6) is 11.5 Å². The Morgan fingerprint density at radius 2 is 2.00 bits per heavy atom. The number of anilines is 2. The average molecular weight is 456 g/mol. The molecule has 1 aromatic heterocycles. The molecule has 9 heteroatoms. The number of aromatic nitrogens is 2. The lowest BCUT2D eigenvalue weighted by Crippen LogP contribution is -2.41. The summed E-state index contributed by atoms with van der Waals surface area (Å²) < 4.78 is 20.4. The third-order valence-corrected chi connectivity index (χ3v) is 6.57. The molecule has 1 aliphatic heterocycles. The zero-order valence-corrected chi connectivity index (χ0v) is 19.1. The molecule has 2 aromatic rings. The molecule has 0 bridgehead atoms. The summed E-state index contributed by atoms with van der Waals surface area (Å²) in [5, 5.41) is 0. The van der Waals surface area contributed by atoms with Crippen molar-refractivity contribution in [3.8, 4) is 11.5 Å². The Labute approximate surface area is 192 Å². The number of ether oxygens (including phenoxy) is 1. The van der Waals surface area contributed by atoms with E-state index in [0.717, 1.165) is 24.4 Å². The summed E-state index contributed by atoms with van der Waals surface area (Å²) in [7, 11) is 0. The van der Waals surface area contributed by atoms with Crippen LogP contribution >= 0.6 is 0 Å². The lowest BCUT2D eigenvalue weighted by atomic mass is 9.86. The fourth-order valence-corrected chi connectivity index (χ4v) is 4.92. The molecule has 4 rings (SSSR count). The van der Waals surface area contributed by atoms with E-state index < -0.39 is 17.6 Å². The average Bonchev–Trinajstić information content (AvgIpc) is 3.42. The first-order valence-corrected chi connectivity index (χ1v) is 11.4. The van der Waals surface area contributed by atoms with Crippen molar-refractivity contribution in [2.24, 2.45) is 17.1 Å². The van der Waals surface area contributed by atoms with E-state index >= 15 is 0 Å². The number of carbonyl (C=O) groups is 2. The SMILES string of the molecule is CC(C)C(=O)N(CC(N)=O)c1cc(F)ccc1Oc1cncnc1N1CCC2(CCCC2)C1. The van der Waals surface area contributed by atoms with Gasteiger partial charge in [-0.15, -0.1) is 0 Å². The van der Waals surface area contributed by atoms with Crippen LogP contribution in [-0.2, 0) is 9.59 Å². The summed E-state index contributed by atoms with van der Waals surface area (Å²) >= 11 is 0. The standard InChI is InChI=1S/C24H30FN5O3/c1-16(2)23(32)30(13-21(26)31)18-11-17(25)5-6-19(18)33-20-12-27-15-28-22(20)29-10-9-24(14-29)7-3-4-8-24/h5-6,11-12,15-16H,3-4,7-10,13-14H2,1-2H3,(H2,26,31). The van der Waals surface area contributed by atoms with Crippen molar-refractivity contribution in [1.29, 1.82) is 0 Å². The van der Waals surface area contributed by atoms with Gasteiger partial charge < -0.3 is 15.4 Å². The molecule has 2 aliphatic rings. The fraction of sp³-hybridized carbons (Fsp3) is 0.500. The fourth-order valence-electron chi connectivity index (χ4n) is 4.92. The third kappa shape index (κ3) is 4.91. The number of hydrogen-bond donors (Lipinski definition) is 1. The van der Waals surface area contributed by atoms with Crippen LogP contribution in [0, 0.1) is 17.2 Å². The van der Waals surface area contributed by atoms with Gasteiger partial charge in [0, 0.05) is 25.1 Å². The second kappa shape index (κ2) is 9.33. The maximum absolute atomic E-state index is 14.2. The number of halogens is 1. The number of carbonyl (C=O) groups excluding carboxylic acids is 2. The van der Waals surface area contributed by atoms with E-state index in [4.69, 9.17) is 10.5 Å². The molecular formula is C24H30FN5O3. The first kappa shape index (κ1) is 22.9. The Balaban J connectivity index is 1.67. The molecule has 33 heavy (non-hydrogen) atoms. The molecule has 0 radical (unpaired) electrons. The van der Waals surface area contributed by atoms with Crippen molar-refractivity contribution in [2.75, 3.05) is 29.4 Å². The molecule has 2 heterocycles. The zero-order valence-electron chi connectivity index (χ0n) is 19.1. The highest BCUT2D eigenvalue weighted by Gasteiger charge is 2.41. The summed E-state index contributed by atoms with van der Waals surface area (Å²) in [5.41, 5.74) is 5.85. The number of amides is 2. The van der Waals surface area contributed by atoms with Gasteiger partial charge in [-0.25, -0.2) is 14.4 Å². The van der Waals surface area contributed by atoms with Crippen LogP contribution in [0.15, 0.2) is 30.7 Å². The molecule has 0 atom stereocenters. The maximum Gasteiger partial charge on any atom is 0.237 e. The number of nitrogens with two attached hydrogens (primary N) is 1. The Morgan fingerprint density at radius 1 is 1.24 bits per heavy atom. The summed E-state index contributed by atoms with van der Waals surface area (Å²) in [6.45, 7) is 4.81. The highest BCUT2D eigenvalue weighted by molar-refractivity contribution is 6.00. The van der Waals surface area contributed by atoms with Crippen LogP contribution in [-0.4, -0.2) is 41.4 Å². The van der Waals surface area contributed by atoms with Crippen molar-refractivity contribution < 1.29 is 18.7 Å². The van der Waals surface area contributed by atoms with Crippen molar-refractivity contribution in [3.63, 3.8) is 0 Å². The van der Waals surface area contributed by atoms with Crippen LogP contribution < -0.4 is 20.3 Å². The first-order valence-electron chi connectivity index (χ1n) is 11.4. The number of rotatable bonds is 7. The highest BCUT2D eigenvalue weighted by atomic mass is 19.1. The van der Waals surface area contributed by atoms with E-state index in [9.17, 15) is 14.0 Å². The zero-order chi connectivity index (χ0) is 23.6. The van der Waals surface area contributed by atoms with Crippen LogP contribution in [0.3, 0.4) is 0 Å². The number of nitrogens with zero attached hydrogens (tertiary/aromatic N) is 4. The van der Waals surface area contributed by atoms with Crippen LogP contribution in [0.25, 0.3) is 0 Å². The van der Waals surface area contributed by atoms with Gasteiger partial charge in [0.15, 0.2) is 17.3 Å². The van der Waals surface area contributed by atoms with Crippen molar-refractivity contribution in [3.05, 3.63) is 36.5 Å². The monoisotopic (exact) mass is 455 g/mol. The van der Waals surface area contributed by atoms with E-state index in [0.29, 0.717) is 17.0 Å². The Hall–Kier alpha value is -3.23. The van der Waals surface area contributed by atoms with Gasteiger partial charge in [0.1, 0.15) is 18.7 Å². The Morgan fingerprint density at radius 3 is 2.70 bits per heavy atom. The Bertz CT molecular complexity index is 1040. The van der Waals surface area contributed by atoms with Gasteiger partial charge in [-0.3, -0.25) is 14.5 Å². The predicted molar refractivity (Wildman–Crippen MR) is 123 cm³/mol. The van der Waals surface area contributed by atoms with Gasteiger partial charge in [0.05, 0.1) is 11.9 Å². The number of primary amides is 1. The lowest BCUT2D eigenvalue weighted by Gasteiger charge is -2.27. The topological polar surface area (TPSA) is 102 Å². The van der Waals surface area contributed by atoms with Gasteiger partial charge in [-0.1, -0.05) is 26.7 Å². The largest absolute Gasteiger partial charge is 0.450 e. The Kier molecular flexibility index (Phi) is 6.49. The molecule has 2 fully saturated rings. The second-order valence-electron chi connectivity index (χ2n) is 9.35. The summed E-state index contributed by atoms with van der Waals surface area (Å²) in [6.07, 6.45) is 9.15. The molecule has 2 N–H and O–H groups in total. The predicted octanol–water partition coefficient (Wildman–Crippen LogP) is 3.65. The molecule has 1 saturated carbocycles. The molecule has 176 valence electrons. The molecule has 8 nitrogen and oxygen atoms in total. The summed E-state index contributed by atoms with van der Waals surface area (Å²) in [5.74, 6) is -0.758. The van der Waals surface area contributed by atoms with Crippen molar-refractivity contribution >= 4 is 23.3 Å². The molecule has 2 amide bonds. The van der Waals surface area contributed by atoms with Gasteiger partial charge in [0.2, 0.25) is 11.8 Å². The maximum atomic E-state index is 14.2. The van der Waals surface area contributed by atoms with Crippen LogP contribution in [0.2, 0.25) is 0 Å². The van der Waals surface area contributed by atoms with E-state index in [1.54, 1.807) is 20.0 Å². The molecule has 1 aromatic carbocycles. The molecular weight excluding hydrogens is 425 g/mol. The minimum atomic E-state index is -0.707. The highest BCUT2D eigenvalue weighted by Crippen LogP contribution is 2.47. The van der Waals surface area contributed by atoms with Crippen LogP contribution in [0.1, 0.15) is 46.0 Å². The van der Waals surface area contributed by atoms with E-state index in [1.807, 2.05) is 0 Å². The normalized spacial score (nSPS) is 17.0. The number of hydrogen-bond acceptors (Lipinski definition) is 6. The first-order chi connectivity index (χ1) is 15.8. The van der Waals surface area contributed by atoms with Crippen molar-refractivity contribution in [2.45, 2.75) is 46.0 Å². The number of benzene rings is 1. The molecule has 1 aliphatic carbocycles. The quantitative estimate of drug-likeness (QED) is 0.684. The van der Waals surface area contributed by atoms with E-state index in [2.05, 4.69) is 14.9 Å². The smallest absolute Gasteiger partial charge is 0.237 e. The molecule has 0 unspecified atom stereocenters. The summed E-state index contributed by atoms with van der Waals surface area (Å²) in [4.78, 5) is 36.5. The molecule has 1 saturated heterocycles. The lowest BCUT2D eigenvalue weighted by molar-refractivity contribution is -0.124. The van der Waals surface area contributed by atoms with E-state index in [-0.39, 0.29) is 23.9 Å². The van der Waals surface area contributed by atoms with Crippen molar-refractivity contribution in [1.82, 2.24) is 9.97 Å². The van der Waals surface area contributed by atoms with Gasteiger partial charge in [0.25, 0.3) is 0 Å². The van der Waals surface area contributed by atoms with E-state index in [1.165, 1.54) is 50.2 Å². The van der Waals surface area contributed by atoms with Crippen LogP contribution in [0.4, 0.5) is 15.9 Å². The van der Waals surface area contributed by atoms with Gasteiger partial charge in [-0.2, -0.15) is 0 Å².